The van der Waals surface area contributed by atoms with Crippen molar-refractivity contribution in [2.45, 2.75) is 11.1 Å². The highest BCUT2D eigenvalue weighted by Crippen LogP contribution is 2.27. The number of hydrogen-bond donors (Lipinski definition) is 1. The monoisotopic (exact) mass is 358 g/mol. The summed E-state index contributed by atoms with van der Waals surface area (Å²) in [5, 5.41) is 3.46. The van der Waals surface area contributed by atoms with Crippen molar-refractivity contribution in [3.8, 4) is 0 Å². The molecule has 0 spiro atoms. The molecule has 0 radical (unpaired) electrons. The molecule has 1 heterocycles. The van der Waals surface area contributed by atoms with Crippen LogP contribution in [-0.2, 0) is 0 Å². The Balaban J connectivity index is 1.78. The van der Waals surface area contributed by atoms with E-state index in [1.165, 1.54) is 16.3 Å². The summed E-state index contributed by atoms with van der Waals surface area (Å²) in [6.07, 6.45) is 1.81. The standard InChI is InChI=1S/C17H15BrN2S/c18-13-8-9-17(20-10-13)21-11-16(19)15-7-3-5-12-4-1-2-6-14(12)15/h1-10,16H,11,19H2. The van der Waals surface area contributed by atoms with E-state index >= 15 is 0 Å². The van der Waals surface area contributed by atoms with Crippen LogP contribution in [0.4, 0.5) is 0 Å². The van der Waals surface area contributed by atoms with Crippen molar-refractivity contribution >= 4 is 38.5 Å². The summed E-state index contributed by atoms with van der Waals surface area (Å²) in [6.45, 7) is 0. The smallest absolute Gasteiger partial charge is 0.0961 e. The summed E-state index contributed by atoms with van der Waals surface area (Å²) in [4.78, 5) is 4.37. The minimum Gasteiger partial charge on any atom is -0.323 e. The molecule has 0 bridgehead atoms. The SMILES string of the molecule is NC(CSc1ccc(Br)cn1)c1cccc2ccccc12. The van der Waals surface area contributed by atoms with Crippen molar-refractivity contribution in [2.24, 2.45) is 5.73 Å². The first-order chi connectivity index (χ1) is 10.2. The highest BCUT2D eigenvalue weighted by Gasteiger charge is 2.10. The summed E-state index contributed by atoms with van der Waals surface area (Å²) in [5.41, 5.74) is 7.57. The van der Waals surface area contributed by atoms with Crippen LogP contribution in [0.3, 0.4) is 0 Å². The third kappa shape index (κ3) is 3.46. The van der Waals surface area contributed by atoms with Gasteiger partial charge in [0.15, 0.2) is 0 Å². The Morgan fingerprint density at radius 2 is 1.86 bits per heavy atom. The zero-order chi connectivity index (χ0) is 14.7. The number of pyridine rings is 1. The number of halogens is 1. The molecule has 2 aromatic carbocycles. The second-order valence-corrected chi connectivity index (χ2v) is 6.76. The number of nitrogens with two attached hydrogens (primary N) is 1. The van der Waals surface area contributed by atoms with E-state index in [1.807, 2.05) is 18.3 Å². The summed E-state index contributed by atoms with van der Waals surface area (Å²) in [7, 11) is 0. The topological polar surface area (TPSA) is 38.9 Å². The zero-order valence-electron chi connectivity index (χ0n) is 11.4. The highest BCUT2D eigenvalue weighted by atomic mass is 79.9. The Hall–Kier alpha value is -1.36. The fourth-order valence-corrected chi connectivity index (χ4v) is 3.34. The molecule has 3 rings (SSSR count). The van der Waals surface area contributed by atoms with Crippen molar-refractivity contribution in [1.29, 1.82) is 0 Å². The second kappa shape index (κ2) is 6.60. The molecule has 106 valence electrons. The molecule has 0 saturated carbocycles. The number of thioether (sulfide) groups is 1. The summed E-state index contributed by atoms with van der Waals surface area (Å²) < 4.78 is 0.991. The Bertz CT molecular complexity index is 738. The van der Waals surface area contributed by atoms with E-state index in [4.69, 9.17) is 5.73 Å². The minimum atomic E-state index is -0.00783. The average Bonchev–Trinajstić information content (AvgIpc) is 2.53. The molecular weight excluding hydrogens is 344 g/mol. The molecule has 1 unspecified atom stereocenters. The maximum Gasteiger partial charge on any atom is 0.0961 e. The summed E-state index contributed by atoms with van der Waals surface area (Å²) in [6, 6.07) is 18.7. The van der Waals surface area contributed by atoms with E-state index in [0.717, 1.165) is 15.3 Å². The van der Waals surface area contributed by atoms with Crippen LogP contribution in [-0.4, -0.2) is 10.7 Å². The van der Waals surface area contributed by atoms with E-state index in [9.17, 15) is 0 Å². The number of benzene rings is 2. The third-order valence-electron chi connectivity index (χ3n) is 3.33. The minimum absolute atomic E-state index is 0.00783. The van der Waals surface area contributed by atoms with Gasteiger partial charge in [0.05, 0.1) is 5.03 Å². The van der Waals surface area contributed by atoms with Crippen LogP contribution in [0, 0.1) is 0 Å². The van der Waals surface area contributed by atoms with Gasteiger partial charge in [-0.3, -0.25) is 0 Å². The quantitative estimate of drug-likeness (QED) is 0.681. The molecule has 0 saturated heterocycles. The predicted molar refractivity (Wildman–Crippen MR) is 93.5 cm³/mol. The molecule has 2 nitrogen and oxygen atoms in total. The van der Waals surface area contributed by atoms with Crippen LogP contribution in [0.15, 0.2) is 70.3 Å². The van der Waals surface area contributed by atoms with E-state index in [1.54, 1.807) is 11.8 Å². The molecule has 0 aliphatic heterocycles. The van der Waals surface area contributed by atoms with Gasteiger partial charge in [0.2, 0.25) is 0 Å². The van der Waals surface area contributed by atoms with Gasteiger partial charge in [0.1, 0.15) is 0 Å². The maximum atomic E-state index is 6.38. The number of fused-ring (bicyclic) bond motifs is 1. The van der Waals surface area contributed by atoms with Crippen LogP contribution < -0.4 is 5.73 Å². The molecule has 2 N–H and O–H groups in total. The molecule has 0 amide bonds. The second-order valence-electron chi connectivity index (χ2n) is 4.80. The highest BCUT2D eigenvalue weighted by molar-refractivity contribution is 9.10. The van der Waals surface area contributed by atoms with E-state index in [2.05, 4.69) is 63.4 Å². The molecule has 4 heteroatoms. The van der Waals surface area contributed by atoms with Gasteiger partial charge >= 0.3 is 0 Å². The van der Waals surface area contributed by atoms with Gasteiger partial charge in [-0.05, 0) is 44.4 Å². The lowest BCUT2D eigenvalue weighted by Crippen LogP contribution is -2.13. The van der Waals surface area contributed by atoms with Gasteiger partial charge in [-0.1, -0.05) is 42.5 Å². The molecule has 0 aliphatic carbocycles. The number of hydrogen-bond acceptors (Lipinski definition) is 3. The van der Waals surface area contributed by atoms with Crippen molar-refractivity contribution < 1.29 is 0 Å². The van der Waals surface area contributed by atoms with Gasteiger partial charge in [-0.2, -0.15) is 0 Å². The first kappa shape index (κ1) is 14.6. The van der Waals surface area contributed by atoms with Gasteiger partial charge in [-0.15, -0.1) is 11.8 Å². The maximum absolute atomic E-state index is 6.38. The zero-order valence-corrected chi connectivity index (χ0v) is 13.8. The van der Waals surface area contributed by atoms with E-state index in [-0.39, 0.29) is 6.04 Å². The third-order valence-corrected chi connectivity index (χ3v) is 4.87. The first-order valence-electron chi connectivity index (χ1n) is 6.71. The number of nitrogens with zero attached hydrogens (tertiary/aromatic N) is 1. The predicted octanol–water partition coefficient (Wildman–Crippen LogP) is 4.79. The van der Waals surface area contributed by atoms with Gasteiger partial charge in [-0.25, -0.2) is 4.98 Å². The number of aromatic nitrogens is 1. The first-order valence-corrected chi connectivity index (χ1v) is 8.49. The van der Waals surface area contributed by atoms with Crippen LogP contribution in [0.2, 0.25) is 0 Å². The largest absolute Gasteiger partial charge is 0.323 e. The lowest BCUT2D eigenvalue weighted by Gasteiger charge is -2.14. The summed E-state index contributed by atoms with van der Waals surface area (Å²) >= 11 is 5.08. The van der Waals surface area contributed by atoms with Crippen LogP contribution in [0.1, 0.15) is 11.6 Å². The molecule has 1 aromatic heterocycles. The normalized spacial score (nSPS) is 12.5. The van der Waals surface area contributed by atoms with E-state index < -0.39 is 0 Å². The molecule has 1 atom stereocenters. The molecule has 21 heavy (non-hydrogen) atoms. The molecule has 0 aliphatic rings. The van der Waals surface area contributed by atoms with Crippen LogP contribution in [0.25, 0.3) is 10.8 Å². The van der Waals surface area contributed by atoms with Crippen LogP contribution >= 0.6 is 27.7 Å². The molecule has 3 aromatic rings. The van der Waals surface area contributed by atoms with Crippen molar-refractivity contribution in [2.75, 3.05) is 5.75 Å². The molecule has 0 fully saturated rings. The summed E-state index contributed by atoms with van der Waals surface area (Å²) in [5.74, 6) is 0.808. The Morgan fingerprint density at radius 1 is 1.05 bits per heavy atom. The van der Waals surface area contributed by atoms with Crippen molar-refractivity contribution in [1.82, 2.24) is 4.98 Å². The fraction of sp³-hybridized carbons (Fsp3) is 0.118. The van der Waals surface area contributed by atoms with Gasteiger partial charge in [0, 0.05) is 22.5 Å². The Kier molecular flexibility index (Phi) is 4.58. The number of rotatable bonds is 4. The average molecular weight is 359 g/mol. The lowest BCUT2D eigenvalue weighted by atomic mass is 10.0. The van der Waals surface area contributed by atoms with E-state index in [0.29, 0.717) is 0 Å². The fourth-order valence-electron chi connectivity index (χ4n) is 2.29. The van der Waals surface area contributed by atoms with Crippen LogP contribution in [0.5, 0.6) is 0 Å². The van der Waals surface area contributed by atoms with Gasteiger partial charge in [0.25, 0.3) is 0 Å². The van der Waals surface area contributed by atoms with Gasteiger partial charge < -0.3 is 5.73 Å². The molecular formula is C17H15BrN2S. The van der Waals surface area contributed by atoms with Crippen molar-refractivity contribution in [3.63, 3.8) is 0 Å². The van der Waals surface area contributed by atoms with Crippen molar-refractivity contribution in [3.05, 3.63) is 70.8 Å². The lowest BCUT2D eigenvalue weighted by molar-refractivity contribution is 0.838. The Morgan fingerprint density at radius 3 is 2.67 bits per heavy atom. The Labute approximate surface area is 136 Å².